The van der Waals surface area contributed by atoms with E-state index in [1.54, 1.807) is 24.3 Å². The minimum Gasteiger partial charge on any atom is -0.496 e. The highest BCUT2D eigenvalue weighted by molar-refractivity contribution is 5.87. The van der Waals surface area contributed by atoms with E-state index in [1.807, 2.05) is 20.8 Å². The van der Waals surface area contributed by atoms with Gasteiger partial charge in [0.05, 0.1) is 60.2 Å². The summed E-state index contributed by atoms with van der Waals surface area (Å²) >= 11 is 0. The highest BCUT2D eigenvalue weighted by Gasteiger charge is 2.38. The molecule has 4 rings (SSSR count). The lowest BCUT2D eigenvalue weighted by Crippen LogP contribution is -2.45. The van der Waals surface area contributed by atoms with Crippen molar-refractivity contribution >= 4 is 5.97 Å². The van der Waals surface area contributed by atoms with Crippen LogP contribution in [-0.4, -0.2) is 77.6 Å². The van der Waals surface area contributed by atoms with Gasteiger partial charge in [0.2, 0.25) is 0 Å². The Balaban J connectivity index is 1.35. The average molecular weight is 635 g/mol. The van der Waals surface area contributed by atoms with E-state index in [4.69, 9.17) is 33.2 Å². The van der Waals surface area contributed by atoms with E-state index < -0.39 is 18.4 Å². The summed E-state index contributed by atoms with van der Waals surface area (Å²) in [4.78, 5) is 11.3. The first-order valence-corrected chi connectivity index (χ1v) is 16.8. The lowest BCUT2D eigenvalue weighted by atomic mass is 9.93. The summed E-state index contributed by atoms with van der Waals surface area (Å²) in [5, 5.41) is 20.0. The Kier molecular flexibility index (Phi) is 13.7. The maximum Gasteiger partial charge on any atom is 0.335 e. The lowest BCUT2D eigenvalue weighted by Gasteiger charge is -2.42. The fourth-order valence-corrected chi connectivity index (χ4v) is 6.72. The molecule has 0 amide bonds. The van der Waals surface area contributed by atoms with Gasteiger partial charge in [-0.25, -0.2) is 4.79 Å². The summed E-state index contributed by atoms with van der Waals surface area (Å²) in [7, 11) is 0. The van der Waals surface area contributed by atoms with Gasteiger partial charge in [-0.3, -0.25) is 0 Å². The van der Waals surface area contributed by atoms with Crippen molar-refractivity contribution in [2.45, 2.75) is 167 Å². The molecular formula is C35H54O10. The molecule has 10 nitrogen and oxygen atoms in total. The minimum absolute atomic E-state index is 0.0358. The highest BCUT2D eigenvalue weighted by Crippen LogP contribution is 2.36. The van der Waals surface area contributed by atoms with Crippen molar-refractivity contribution in [2.75, 3.05) is 0 Å². The minimum atomic E-state index is -0.961. The fourth-order valence-electron chi connectivity index (χ4n) is 6.72. The summed E-state index contributed by atoms with van der Waals surface area (Å²) < 4.78 is 43.4. The van der Waals surface area contributed by atoms with Crippen molar-refractivity contribution in [3.8, 4) is 0 Å². The van der Waals surface area contributed by atoms with Crippen molar-refractivity contribution in [3.05, 3.63) is 47.7 Å². The number of allylic oxidation sites excluding steroid dienone is 1. The van der Waals surface area contributed by atoms with Crippen LogP contribution < -0.4 is 0 Å². The number of ether oxygens (including phenoxy) is 7. The Hall–Kier alpha value is -2.05. The summed E-state index contributed by atoms with van der Waals surface area (Å²) in [6, 6.07) is 6.69. The molecule has 3 aliphatic heterocycles. The van der Waals surface area contributed by atoms with Crippen LogP contribution in [0.2, 0.25) is 0 Å². The number of hydrogen-bond acceptors (Lipinski definition) is 9. The molecule has 2 N–H and O–H groups in total. The third kappa shape index (κ3) is 11.3. The third-order valence-electron chi connectivity index (χ3n) is 8.67. The number of benzene rings is 1. The fraction of sp³-hybridized carbons (Fsp3) is 0.743. The lowest BCUT2D eigenvalue weighted by molar-refractivity contribution is -0.284. The van der Waals surface area contributed by atoms with Crippen molar-refractivity contribution in [1.29, 1.82) is 0 Å². The Labute approximate surface area is 268 Å². The van der Waals surface area contributed by atoms with Gasteiger partial charge in [-0.05, 0) is 52.2 Å². The zero-order valence-electron chi connectivity index (χ0n) is 27.6. The second kappa shape index (κ2) is 17.2. The summed E-state index contributed by atoms with van der Waals surface area (Å²) in [5.41, 5.74) is 1.04. The number of carbonyl (C=O) groups is 1. The highest BCUT2D eigenvalue weighted by atomic mass is 16.7. The standard InChI is InChI=1S/C35H54O10/c1-7-9-33-42-30(18-29-17-28(40-23(6)41-29)15-26(36)14-22(5)39-21(3)4)19-31(43-33)20-32-16-27(8-2)44-35(45-32)25-12-10-24(11-13-25)34(37)38/h10-13,22-23,26-33,35-36H,3,7-9,14-20H2,1-2,4-6H3,(H,37,38). The van der Waals surface area contributed by atoms with E-state index in [1.165, 1.54) is 0 Å². The SMILES string of the molecule is C=C(C)OC(C)CC(O)CC1CC(CC2CC(CC3CC(CC)OC(c4ccc(C(=O)O)cc4)O3)OC(CCC)O2)OC(C)O1. The van der Waals surface area contributed by atoms with Crippen LogP contribution in [0.4, 0.5) is 0 Å². The summed E-state index contributed by atoms with van der Waals surface area (Å²) in [6.07, 6.45) is 5.11. The topological polar surface area (TPSA) is 122 Å². The van der Waals surface area contributed by atoms with Crippen LogP contribution in [0.15, 0.2) is 36.6 Å². The van der Waals surface area contributed by atoms with Crippen LogP contribution in [-0.2, 0) is 33.2 Å². The van der Waals surface area contributed by atoms with E-state index in [9.17, 15) is 15.0 Å². The molecule has 3 aliphatic rings. The molecule has 45 heavy (non-hydrogen) atoms. The largest absolute Gasteiger partial charge is 0.496 e. The van der Waals surface area contributed by atoms with Crippen LogP contribution in [0.1, 0.15) is 121 Å². The predicted molar refractivity (Wildman–Crippen MR) is 168 cm³/mol. The van der Waals surface area contributed by atoms with E-state index in [-0.39, 0.29) is 60.9 Å². The van der Waals surface area contributed by atoms with Gasteiger partial charge in [-0.2, -0.15) is 0 Å². The summed E-state index contributed by atoms with van der Waals surface area (Å²) in [6.45, 7) is 13.7. The zero-order chi connectivity index (χ0) is 32.5. The first kappa shape index (κ1) is 35.8. The number of carboxylic acids is 1. The van der Waals surface area contributed by atoms with Crippen molar-refractivity contribution in [2.24, 2.45) is 0 Å². The van der Waals surface area contributed by atoms with Crippen LogP contribution in [0.25, 0.3) is 0 Å². The molecule has 0 radical (unpaired) electrons. The maximum atomic E-state index is 11.3. The first-order chi connectivity index (χ1) is 21.5. The second-order valence-electron chi connectivity index (χ2n) is 12.9. The van der Waals surface area contributed by atoms with Gasteiger partial charge in [0.1, 0.15) is 0 Å². The number of rotatable bonds is 15. The number of aliphatic hydroxyl groups excluding tert-OH is 1. The van der Waals surface area contributed by atoms with E-state index in [0.29, 0.717) is 31.4 Å². The number of hydrogen-bond donors (Lipinski definition) is 2. The molecule has 1 aromatic rings. The Morgan fingerprint density at radius 2 is 1.47 bits per heavy atom. The van der Waals surface area contributed by atoms with Crippen LogP contribution >= 0.6 is 0 Å². The molecule has 1 aromatic carbocycles. The van der Waals surface area contributed by atoms with Gasteiger partial charge >= 0.3 is 5.97 Å². The van der Waals surface area contributed by atoms with Gasteiger partial charge in [-0.1, -0.05) is 39.0 Å². The Morgan fingerprint density at radius 1 is 0.911 bits per heavy atom. The van der Waals surface area contributed by atoms with Crippen molar-refractivity contribution in [1.82, 2.24) is 0 Å². The molecule has 0 aliphatic carbocycles. The third-order valence-corrected chi connectivity index (χ3v) is 8.67. The predicted octanol–water partition coefficient (Wildman–Crippen LogP) is 6.65. The normalized spacial score (nSPS) is 33.7. The molecule has 0 saturated carbocycles. The van der Waals surface area contributed by atoms with Crippen LogP contribution in [0.3, 0.4) is 0 Å². The molecule has 11 unspecified atom stereocenters. The van der Waals surface area contributed by atoms with Gasteiger partial charge in [-0.15, -0.1) is 0 Å². The molecule has 0 spiro atoms. The zero-order valence-corrected chi connectivity index (χ0v) is 27.6. The molecule has 11 atom stereocenters. The first-order valence-electron chi connectivity index (χ1n) is 16.8. The quantitative estimate of drug-likeness (QED) is 0.203. The molecular weight excluding hydrogens is 580 g/mol. The molecule has 3 fully saturated rings. The van der Waals surface area contributed by atoms with Crippen molar-refractivity contribution in [3.63, 3.8) is 0 Å². The number of carboxylic acid groups (broad SMARTS) is 1. The van der Waals surface area contributed by atoms with Gasteiger partial charge < -0.3 is 43.4 Å². The van der Waals surface area contributed by atoms with E-state index >= 15 is 0 Å². The smallest absolute Gasteiger partial charge is 0.335 e. The maximum absolute atomic E-state index is 11.3. The molecule has 254 valence electrons. The Morgan fingerprint density at radius 3 is 2.07 bits per heavy atom. The monoisotopic (exact) mass is 634 g/mol. The van der Waals surface area contributed by atoms with Gasteiger partial charge in [0.25, 0.3) is 0 Å². The van der Waals surface area contributed by atoms with E-state index in [2.05, 4.69) is 20.4 Å². The molecule has 0 bridgehead atoms. The average Bonchev–Trinajstić information content (AvgIpc) is 2.96. The van der Waals surface area contributed by atoms with E-state index in [0.717, 1.165) is 44.1 Å². The van der Waals surface area contributed by atoms with Crippen LogP contribution in [0, 0.1) is 0 Å². The second-order valence-corrected chi connectivity index (χ2v) is 12.9. The molecule has 3 saturated heterocycles. The molecule has 10 heteroatoms. The molecule has 0 aromatic heterocycles. The van der Waals surface area contributed by atoms with Gasteiger partial charge in [0.15, 0.2) is 18.9 Å². The van der Waals surface area contributed by atoms with Crippen LogP contribution in [0.5, 0.6) is 0 Å². The van der Waals surface area contributed by atoms with Gasteiger partial charge in [0, 0.05) is 44.1 Å². The summed E-state index contributed by atoms with van der Waals surface area (Å²) in [5.74, 6) is -0.320. The Bertz CT molecular complexity index is 1060. The molecule has 3 heterocycles. The number of aromatic carboxylic acids is 1. The number of aliphatic hydroxyl groups is 1. The van der Waals surface area contributed by atoms with Crippen molar-refractivity contribution < 1.29 is 48.2 Å².